The fourth-order valence-electron chi connectivity index (χ4n) is 1.37. The van der Waals surface area contributed by atoms with Crippen molar-refractivity contribution >= 4 is 44.8 Å². The predicted molar refractivity (Wildman–Crippen MR) is 75.8 cm³/mol. The number of carbonyl (C=O) groups is 1. The molecule has 1 heterocycles. The third kappa shape index (κ3) is 3.00. The van der Waals surface area contributed by atoms with Crippen LogP contribution >= 0.6 is 27.5 Å². The Morgan fingerprint density at radius 1 is 1.33 bits per heavy atom. The number of nitrogens with zero attached hydrogens (tertiary/aromatic N) is 1. The Balaban J connectivity index is 2.24. The Morgan fingerprint density at radius 2 is 2.11 bits per heavy atom. The lowest BCUT2D eigenvalue weighted by atomic mass is 10.2. The van der Waals surface area contributed by atoms with Crippen LogP contribution in [-0.4, -0.2) is 10.9 Å². The van der Waals surface area contributed by atoms with Crippen molar-refractivity contribution in [2.75, 3.05) is 11.1 Å². The highest BCUT2D eigenvalue weighted by molar-refractivity contribution is 9.10. The summed E-state index contributed by atoms with van der Waals surface area (Å²) in [4.78, 5) is 15.9. The first-order chi connectivity index (χ1) is 8.56. The van der Waals surface area contributed by atoms with Crippen LogP contribution in [-0.2, 0) is 0 Å². The summed E-state index contributed by atoms with van der Waals surface area (Å²) < 4.78 is 0.731. The van der Waals surface area contributed by atoms with E-state index in [9.17, 15) is 4.79 Å². The number of hydrogen-bond acceptors (Lipinski definition) is 3. The number of nitrogens with one attached hydrogen (secondary N) is 1. The molecule has 0 radical (unpaired) electrons. The number of hydrogen-bond donors (Lipinski definition) is 2. The first-order valence-electron chi connectivity index (χ1n) is 5.03. The molecule has 0 unspecified atom stereocenters. The van der Waals surface area contributed by atoms with Gasteiger partial charge in [0.05, 0.1) is 16.9 Å². The van der Waals surface area contributed by atoms with Crippen molar-refractivity contribution in [1.29, 1.82) is 0 Å². The van der Waals surface area contributed by atoms with Crippen LogP contribution in [0.3, 0.4) is 0 Å². The van der Waals surface area contributed by atoms with Gasteiger partial charge < -0.3 is 11.1 Å². The maximum Gasteiger partial charge on any atom is 0.257 e. The van der Waals surface area contributed by atoms with E-state index < -0.39 is 0 Å². The van der Waals surface area contributed by atoms with Crippen LogP contribution < -0.4 is 11.1 Å². The molecule has 1 aromatic carbocycles. The number of rotatable bonds is 2. The summed E-state index contributed by atoms with van der Waals surface area (Å²) in [7, 11) is 0. The zero-order valence-corrected chi connectivity index (χ0v) is 11.5. The summed E-state index contributed by atoms with van der Waals surface area (Å²) in [5, 5.41) is 3.19. The first-order valence-corrected chi connectivity index (χ1v) is 6.20. The maximum atomic E-state index is 12.0. The van der Waals surface area contributed by atoms with Crippen molar-refractivity contribution in [2.24, 2.45) is 0 Å². The summed E-state index contributed by atoms with van der Waals surface area (Å²) in [5.41, 5.74) is 7.11. The van der Waals surface area contributed by atoms with E-state index >= 15 is 0 Å². The van der Waals surface area contributed by atoms with Crippen LogP contribution in [0.15, 0.2) is 41.1 Å². The fraction of sp³-hybridized carbons (Fsp3) is 0. The Kier molecular flexibility index (Phi) is 3.84. The topological polar surface area (TPSA) is 68.0 Å². The summed E-state index contributed by atoms with van der Waals surface area (Å²) in [5.74, 6) is -0.294. The Hall–Kier alpha value is -1.59. The van der Waals surface area contributed by atoms with Crippen molar-refractivity contribution < 1.29 is 4.79 Å². The molecular weight excluding hydrogens is 318 g/mol. The second-order valence-corrected chi connectivity index (χ2v) is 4.93. The van der Waals surface area contributed by atoms with Crippen LogP contribution in [0, 0.1) is 0 Å². The van der Waals surface area contributed by atoms with Gasteiger partial charge in [-0.1, -0.05) is 11.6 Å². The number of anilines is 2. The molecule has 0 bridgehead atoms. The first kappa shape index (κ1) is 12.9. The van der Waals surface area contributed by atoms with Crippen molar-refractivity contribution in [3.8, 4) is 0 Å². The number of pyridine rings is 1. The third-order valence-corrected chi connectivity index (χ3v) is 2.90. The molecule has 18 heavy (non-hydrogen) atoms. The average Bonchev–Trinajstić information content (AvgIpc) is 2.34. The normalized spacial score (nSPS) is 10.1. The number of halogens is 2. The summed E-state index contributed by atoms with van der Waals surface area (Å²) >= 11 is 9.10. The zero-order valence-electron chi connectivity index (χ0n) is 9.15. The smallest absolute Gasteiger partial charge is 0.257 e. The molecule has 1 amide bonds. The lowest BCUT2D eigenvalue weighted by molar-refractivity contribution is 0.102. The second kappa shape index (κ2) is 5.37. The highest BCUT2D eigenvalue weighted by Crippen LogP contribution is 2.23. The van der Waals surface area contributed by atoms with E-state index in [4.69, 9.17) is 17.3 Å². The number of carbonyl (C=O) groups excluding carboxylic acids is 1. The Bertz CT molecular complexity index is 604. The number of amides is 1. The minimum absolute atomic E-state index is 0.294. The highest BCUT2D eigenvalue weighted by atomic mass is 79.9. The molecule has 0 saturated heterocycles. The van der Waals surface area contributed by atoms with Crippen LogP contribution in [0.1, 0.15) is 10.4 Å². The van der Waals surface area contributed by atoms with E-state index in [1.54, 1.807) is 30.5 Å². The lowest BCUT2D eigenvalue weighted by Gasteiger charge is -2.08. The summed E-state index contributed by atoms with van der Waals surface area (Å²) in [6.07, 6.45) is 3.07. The van der Waals surface area contributed by atoms with Gasteiger partial charge in [0.15, 0.2) is 0 Å². The standard InChI is InChI=1S/C12H9BrClN3O/c13-8-3-7(5-16-6-8)12(18)17-11-4-9(14)1-2-10(11)15/h1-6H,15H2,(H,17,18). The van der Waals surface area contributed by atoms with Gasteiger partial charge >= 0.3 is 0 Å². The fourth-order valence-corrected chi connectivity index (χ4v) is 1.90. The molecule has 0 atom stereocenters. The van der Waals surface area contributed by atoms with Gasteiger partial charge in [0.25, 0.3) is 5.91 Å². The summed E-state index contributed by atoms with van der Waals surface area (Å²) in [6, 6.07) is 6.56. The molecule has 0 fully saturated rings. The zero-order chi connectivity index (χ0) is 13.1. The number of benzene rings is 1. The minimum Gasteiger partial charge on any atom is -0.397 e. The largest absolute Gasteiger partial charge is 0.397 e. The highest BCUT2D eigenvalue weighted by Gasteiger charge is 2.09. The van der Waals surface area contributed by atoms with Crippen LogP contribution in [0.2, 0.25) is 5.02 Å². The minimum atomic E-state index is -0.294. The number of aromatic nitrogens is 1. The Morgan fingerprint density at radius 3 is 2.83 bits per heavy atom. The molecular formula is C12H9BrClN3O. The average molecular weight is 327 g/mol. The molecule has 0 aliphatic heterocycles. The van der Waals surface area contributed by atoms with Gasteiger partial charge in [0.2, 0.25) is 0 Å². The van der Waals surface area contributed by atoms with Crippen molar-refractivity contribution in [1.82, 2.24) is 4.98 Å². The molecule has 0 aliphatic carbocycles. The quantitative estimate of drug-likeness (QED) is 0.832. The molecule has 4 nitrogen and oxygen atoms in total. The maximum absolute atomic E-state index is 12.0. The van der Waals surface area contributed by atoms with Crippen molar-refractivity contribution in [3.63, 3.8) is 0 Å². The predicted octanol–water partition coefficient (Wildman–Crippen LogP) is 3.33. The van der Waals surface area contributed by atoms with E-state index in [0.29, 0.717) is 22.0 Å². The Labute approximate surface area is 117 Å². The number of nitrogens with two attached hydrogens (primary N) is 1. The second-order valence-electron chi connectivity index (χ2n) is 3.58. The molecule has 0 aliphatic rings. The summed E-state index contributed by atoms with van der Waals surface area (Å²) in [6.45, 7) is 0. The molecule has 2 rings (SSSR count). The molecule has 1 aromatic heterocycles. The van der Waals surface area contributed by atoms with Gasteiger partial charge in [-0.3, -0.25) is 9.78 Å². The number of nitrogen functional groups attached to an aromatic ring is 1. The van der Waals surface area contributed by atoms with Gasteiger partial charge in [-0.2, -0.15) is 0 Å². The lowest BCUT2D eigenvalue weighted by Crippen LogP contribution is -2.13. The van der Waals surface area contributed by atoms with E-state index in [2.05, 4.69) is 26.2 Å². The van der Waals surface area contributed by atoms with Gasteiger partial charge in [-0.05, 0) is 40.2 Å². The monoisotopic (exact) mass is 325 g/mol. The van der Waals surface area contributed by atoms with Crippen LogP contribution in [0.4, 0.5) is 11.4 Å². The van der Waals surface area contributed by atoms with Gasteiger partial charge in [0, 0.05) is 21.9 Å². The van der Waals surface area contributed by atoms with Gasteiger partial charge in [-0.25, -0.2) is 0 Å². The van der Waals surface area contributed by atoms with E-state index in [1.165, 1.54) is 6.20 Å². The van der Waals surface area contributed by atoms with E-state index in [1.807, 2.05) is 0 Å². The molecule has 2 aromatic rings. The molecule has 92 valence electrons. The van der Waals surface area contributed by atoms with Gasteiger partial charge in [0.1, 0.15) is 0 Å². The molecule has 6 heteroatoms. The molecule has 0 saturated carbocycles. The van der Waals surface area contributed by atoms with Gasteiger partial charge in [-0.15, -0.1) is 0 Å². The van der Waals surface area contributed by atoms with Crippen LogP contribution in [0.5, 0.6) is 0 Å². The van der Waals surface area contributed by atoms with E-state index in [-0.39, 0.29) is 5.91 Å². The molecule has 3 N–H and O–H groups in total. The SMILES string of the molecule is Nc1ccc(Cl)cc1NC(=O)c1cncc(Br)c1. The van der Waals surface area contributed by atoms with Crippen molar-refractivity contribution in [2.45, 2.75) is 0 Å². The van der Waals surface area contributed by atoms with Crippen LogP contribution in [0.25, 0.3) is 0 Å². The van der Waals surface area contributed by atoms with E-state index in [0.717, 1.165) is 4.47 Å². The van der Waals surface area contributed by atoms with Crippen molar-refractivity contribution in [3.05, 3.63) is 51.7 Å². The third-order valence-electron chi connectivity index (χ3n) is 2.23. The molecule has 0 spiro atoms.